The van der Waals surface area contributed by atoms with Crippen LogP contribution < -0.4 is 11.1 Å². The molecule has 1 atom stereocenters. The van der Waals surface area contributed by atoms with Crippen molar-refractivity contribution in [1.82, 2.24) is 5.32 Å². The van der Waals surface area contributed by atoms with Gasteiger partial charge >= 0.3 is 0 Å². The quantitative estimate of drug-likeness (QED) is 0.837. The van der Waals surface area contributed by atoms with Crippen molar-refractivity contribution in [2.24, 2.45) is 5.73 Å². The Hall–Kier alpha value is -1.81. The van der Waals surface area contributed by atoms with Gasteiger partial charge in [0.1, 0.15) is 11.3 Å². The maximum atomic E-state index is 10.9. The van der Waals surface area contributed by atoms with E-state index >= 15 is 0 Å². The summed E-state index contributed by atoms with van der Waals surface area (Å²) in [5, 5.41) is 4.46. The Kier molecular flexibility index (Phi) is 4.22. The number of carbonyl (C=O) groups excluding carboxylic acids is 1. The number of primary amides is 1. The van der Waals surface area contributed by atoms with Crippen molar-refractivity contribution in [3.8, 4) is 0 Å². The molecule has 0 aliphatic rings. The van der Waals surface area contributed by atoms with Crippen molar-refractivity contribution in [2.75, 3.05) is 0 Å². The van der Waals surface area contributed by atoms with E-state index in [2.05, 4.69) is 18.3 Å². The largest absolute Gasteiger partial charge is 0.461 e. The fraction of sp³-hybridized carbons (Fsp3) is 0.400. The van der Waals surface area contributed by atoms with Crippen LogP contribution in [0.2, 0.25) is 0 Å². The van der Waals surface area contributed by atoms with E-state index in [9.17, 15) is 4.79 Å². The highest BCUT2D eigenvalue weighted by atomic mass is 16.3. The number of furan rings is 1. The Morgan fingerprint density at radius 1 is 1.42 bits per heavy atom. The molecule has 1 heterocycles. The van der Waals surface area contributed by atoms with Crippen LogP contribution in [0, 0.1) is 0 Å². The number of benzene rings is 1. The van der Waals surface area contributed by atoms with E-state index in [4.69, 9.17) is 10.2 Å². The number of hydrogen-bond donors (Lipinski definition) is 2. The molecule has 1 amide bonds. The molecule has 1 unspecified atom stereocenters. The Balaban J connectivity index is 2.17. The van der Waals surface area contributed by atoms with E-state index in [1.165, 1.54) is 5.56 Å². The highest BCUT2D eigenvalue weighted by molar-refractivity contribution is 5.82. The van der Waals surface area contributed by atoms with Gasteiger partial charge in [-0.25, -0.2) is 0 Å². The number of rotatable bonds is 6. The van der Waals surface area contributed by atoms with Crippen molar-refractivity contribution in [1.29, 1.82) is 0 Å². The molecule has 3 N–H and O–H groups in total. The maximum Gasteiger partial charge on any atom is 0.218 e. The molecule has 4 nitrogen and oxygen atoms in total. The van der Waals surface area contributed by atoms with Crippen LogP contribution in [0.15, 0.2) is 28.7 Å². The third-order valence-electron chi connectivity index (χ3n) is 3.24. The second-order valence-electron chi connectivity index (χ2n) is 4.81. The van der Waals surface area contributed by atoms with Gasteiger partial charge in [-0.1, -0.05) is 25.1 Å². The van der Waals surface area contributed by atoms with Crippen LogP contribution in [0.4, 0.5) is 0 Å². The van der Waals surface area contributed by atoms with Crippen molar-refractivity contribution in [2.45, 2.75) is 39.3 Å². The Bertz CT molecular complexity index is 575. The minimum Gasteiger partial charge on any atom is -0.461 e. The number of fused-ring (bicyclic) bond motifs is 1. The van der Waals surface area contributed by atoms with E-state index in [0.29, 0.717) is 13.0 Å². The van der Waals surface area contributed by atoms with Crippen molar-refractivity contribution in [3.63, 3.8) is 0 Å². The lowest BCUT2D eigenvalue weighted by Crippen LogP contribution is -2.30. The SMILES string of the molecule is CCc1oc2ccccc2c1CNC(C)CC(N)=O. The normalized spacial score (nSPS) is 12.7. The van der Waals surface area contributed by atoms with E-state index in [1.807, 2.05) is 25.1 Å². The smallest absolute Gasteiger partial charge is 0.218 e. The Morgan fingerprint density at radius 2 is 2.16 bits per heavy atom. The van der Waals surface area contributed by atoms with E-state index in [-0.39, 0.29) is 11.9 Å². The lowest BCUT2D eigenvalue weighted by atomic mass is 10.1. The first-order valence-electron chi connectivity index (χ1n) is 6.62. The molecule has 0 radical (unpaired) electrons. The molecule has 4 heteroatoms. The van der Waals surface area contributed by atoms with Gasteiger partial charge in [0.25, 0.3) is 0 Å². The Morgan fingerprint density at radius 3 is 2.84 bits per heavy atom. The monoisotopic (exact) mass is 260 g/mol. The first-order valence-corrected chi connectivity index (χ1v) is 6.62. The summed E-state index contributed by atoms with van der Waals surface area (Å²) < 4.78 is 5.83. The number of nitrogens with one attached hydrogen (secondary N) is 1. The highest BCUT2D eigenvalue weighted by Gasteiger charge is 2.13. The number of aryl methyl sites for hydroxylation is 1. The van der Waals surface area contributed by atoms with Crippen LogP contribution in [-0.2, 0) is 17.8 Å². The van der Waals surface area contributed by atoms with Crippen LogP contribution in [-0.4, -0.2) is 11.9 Å². The minimum atomic E-state index is -0.284. The molecule has 0 aliphatic carbocycles. The highest BCUT2D eigenvalue weighted by Crippen LogP contribution is 2.26. The van der Waals surface area contributed by atoms with Crippen molar-refractivity contribution in [3.05, 3.63) is 35.6 Å². The molecule has 0 bridgehead atoms. The predicted octanol–water partition coefficient (Wildman–Crippen LogP) is 2.35. The van der Waals surface area contributed by atoms with Gasteiger partial charge in [-0.3, -0.25) is 4.79 Å². The number of hydrogen-bond acceptors (Lipinski definition) is 3. The number of carbonyl (C=O) groups is 1. The van der Waals surface area contributed by atoms with Crippen LogP contribution in [0.3, 0.4) is 0 Å². The van der Waals surface area contributed by atoms with Gasteiger partial charge in [0.05, 0.1) is 0 Å². The second-order valence-corrected chi connectivity index (χ2v) is 4.81. The third-order valence-corrected chi connectivity index (χ3v) is 3.24. The summed E-state index contributed by atoms with van der Waals surface area (Å²) in [6, 6.07) is 8.08. The zero-order chi connectivity index (χ0) is 13.8. The van der Waals surface area contributed by atoms with Crippen LogP contribution in [0.1, 0.15) is 31.6 Å². The maximum absolute atomic E-state index is 10.9. The summed E-state index contributed by atoms with van der Waals surface area (Å²) in [5.74, 6) is 0.716. The summed E-state index contributed by atoms with van der Waals surface area (Å²) in [7, 11) is 0. The van der Waals surface area contributed by atoms with Crippen LogP contribution in [0.5, 0.6) is 0 Å². The lowest BCUT2D eigenvalue weighted by molar-refractivity contribution is -0.118. The molecule has 2 aromatic rings. The van der Waals surface area contributed by atoms with Crippen LogP contribution >= 0.6 is 0 Å². The molecular weight excluding hydrogens is 240 g/mol. The van der Waals surface area contributed by atoms with Crippen LogP contribution in [0.25, 0.3) is 11.0 Å². The molecule has 19 heavy (non-hydrogen) atoms. The molecule has 0 fully saturated rings. The summed E-state index contributed by atoms with van der Waals surface area (Å²) in [6.07, 6.45) is 1.20. The molecular formula is C15H20N2O2. The summed E-state index contributed by atoms with van der Waals surface area (Å²) >= 11 is 0. The number of amides is 1. The van der Waals surface area contributed by atoms with Gasteiger partial charge in [0.2, 0.25) is 5.91 Å². The second kappa shape index (κ2) is 5.89. The first kappa shape index (κ1) is 13.6. The molecule has 0 saturated heterocycles. The van der Waals surface area contributed by atoms with Gasteiger partial charge in [0, 0.05) is 36.4 Å². The molecule has 0 saturated carbocycles. The molecule has 1 aromatic heterocycles. The summed E-state index contributed by atoms with van der Waals surface area (Å²) in [6.45, 7) is 4.72. The first-order chi connectivity index (χ1) is 9.11. The molecule has 0 aliphatic heterocycles. The number of para-hydroxylation sites is 1. The van der Waals surface area contributed by atoms with E-state index in [0.717, 1.165) is 23.2 Å². The van der Waals surface area contributed by atoms with Gasteiger partial charge in [-0.05, 0) is 13.0 Å². The van der Waals surface area contributed by atoms with Gasteiger partial charge in [-0.15, -0.1) is 0 Å². The van der Waals surface area contributed by atoms with Crippen molar-refractivity contribution < 1.29 is 9.21 Å². The van der Waals surface area contributed by atoms with E-state index < -0.39 is 0 Å². The summed E-state index contributed by atoms with van der Waals surface area (Å²) in [4.78, 5) is 10.9. The minimum absolute atomic E-state index is 0.0656. The molecule has 0 spiro atoms. The van der Waals surface area contributed by atoms with Gasteiger partial charge in [0.15, 0.2) is 0 Å². The third kappa shape index (κ3) is 3.15. The van der Waals surface area contributed by atoms with Gasteiger partial charge in [-0.2, -0.15) is 0 Å². The average molecular weight is 260 g/mol. The zero-order valence-corrected chi connectivity index (χ0v) is 11.4. The molecule has 1 aromatic carbocycles. The summed E-state index contributed by atoms with van der Waals surface area (Å²) in [5.41, 5.74) is 7.28. The molecule has 2 rings (SSSR count). The lowest BCUT2D eigenvalue weighted by Gasteiger charge is -2.11. The fourth-order valence-corrected chi connectivity index (χ4v) is 2.28. The predicted molar refractivity (Wildman–Crippen MR) is 75.7 cm³/mol. The molecule has 102 valence electrons. The van der Waals surface area contributed by atoms with E-state index in [1.54, 1.807) is 0 Å². The standard InChI is InChI=1S/C15H20N2O2/c1-3-13-12(9-17-10(2)8-15(16)18)11-6-4-5-7-14(11)19-13/h4-7,10,17H,3,8-9H2,1-2H3,(H2,16,18). The van der Waals surface area contributed by atoms with Gasteiger partial charge < -0.3 is 15.5 Å². The Labute approximate surface area is 113 Å². The average Bonchev–Trinajstić information content (AvgIpc) is 2.73. The zero-order valence-electron chi connectivity index (χ0n) is 11.4. The van der Waals surface area contributed by atoms with Crippen molar-refractivity contribution >= 4 is 16.9 Å². The number of nitrogens with two attached hydrogens (primary N) is 1. The topological polar surface area (TPSA) is 68.3 Å². The fourth-order valence-electron chi connectivity index (χ4n) is 2.28.